The van der Waals surface area contributed by atoms with Crippen molar-refractivity contribution < 1.29 is 4.42 Å². The van der Waals surface area contributed by atoms with Crippen LogP contribution in [0.25, 0.3) is 82.3 Å². The molecule has 4 atom stereocenters. The van der Waals surface area contributed by atoms with Crippen LogP contribution in [0.4, 0.5) is 0 Å². The largest absolute Gasteiger partial charge is 0.455 e. The lowest BCUT2D eigenvalue weighted by Crippen LogP contribution is -2.25. The van der Waals surface area contributed by atoms with Crippen LogP contribution in [0.1, 0.15) is 116 Å². The summed E-state index contributed by atoms with van der Waals surface area (Å²) in [6.45, 7) is 0. The molecule has 4 unspecified atom stereocenters. The van der Waals surface area contributed by atoms with Gasteiger partial charge in [-0.25, -0.2) is 0 Å². The van der Waals surface area contributed by atoms with E-state index in [0.29, 0.717) is 23.7 Å². The molecule has 4 aromatic heterocycles. The maximum absolute atomic E-state index is 11.0. The summed E-state index contributed by atoms with van der Waals surface area (Å²) < 4.78 is 9.43. The minimum atomic E-state index is 0.491. The summed E-state index contributed by atoms with van der Waals surface area (Å²) in [4.78, 5) is 5.51. The molecule has 0 N–H and O–H groups in total. The number of hydrogen-bond acceptors (Lipinski definition) is 3. The molecule has 17 rings (SSSR count). The van der Waals surface area contributed by atoms with Crippen LogP contribution in [0.5, 0.6) is 0 Å². The third kappa shape index (κ3) is 3.90. The third-order valence-electron chi connectivity index (χ3n) is 16.8. The zero-order chi connectivity index (χ0) is 37.5. The summed E-state index contributed by atoms with van der Waals surface area (Å²) in [6.07, 6.45) is 15.3. The highest BCUT2D eigenvalue weighted by Crippen LogP contribution is 2.61. The summed E-state index contributed by atoms with van der Waals surface area (Å²) in [6, 6.07) is 34.3. The van der Waals surface area contributed by atoms with Gasteiger partial charge in [0, 0.05) is 49.5 Å². The maximum atomic E-state index is 11.0. The van der Waals surface area contributed by atoms with E-state index in [0.717, 1.165) is 56.7 Å². The van der Waals surface area contributed by atoms with Crippen LogP contribution < -0.4 is 0 Å². The van der Waals surface area contributed by atoms with Crippen molar-refractivity contribution in [2.24, 2.45) is 23.7 Å². The predicted molar refractivity (Wildman–Crippen MR) is 233 cm³/mol. The zero-order valence-electron chi connectivity index (χ0n) is 32.6. The number of hydrogen-bond donors (Lipinski definition) is 0. The highest BCUT2D eigenvalue weighted by Gasteiger charge is 2.46. The second kappa shape index (κ2) is 10.9. The molecule has 0 amide bonds. The first kappa shape index (κ1) is 31.3. The fourth-order valence-corrected chi connectivity index (χ4v) is 15.2. The number of aromatic nitrogens is 2. The molecule has 280 valence electrons. The highest BCUT2D eigenvalue weighted by molar-refractivity contribution is 6.26. The van der Waals surface area contributed by atoms with E-state index in [9.17, 15) is 5.26 Å². The number of fused-ring (bicyclic) bond motifs is 9. The lowest BCUT2D eigenvalue weighted by atomic mass is 9.67. The molecule has 4 heterocycles. The molecule has 4 heteroatoms. The quantitative estimate of drug-likeness (QED) is 0.177. The van der Waals surface area contributed by atoms with Gasteiger partial charge in [0.05, 0.1) is 34.4 Å². The van der Waals surface area contributed by atoms with Gasteiger partial charge in [0.25, 0.3) is 0 Å². The summed E-state index contributed by atoms with van der Waals surface area (Å²) in [7, 11) is 0. The van der Waals surface area contributed by atoms with Crippen molar-refractivity contribution in [1.29, 1.82) is 5.26 Å². The van der Waals surface area contributed by atoms with Gasteiger partial charge in [-0.3, -0.25) is 4.98 Å². The zero-order valence-corrected chi connectivity index (χ0v) is 32.6. The van der Waals surface area contributed by atoms with Crippen molar-refractivity contribution >= 4 is 60.0 Å². The Morgan fingerprint density at radius 2 is 1.21 bits per heavy atom. The molecule has 9 aromatic rings. The highest BCUT2D eigenvalue weighted by atomic mass is 16.3. The fourth-order valence-electron chi connectivity index (χ4n) is 15.2. The molecule has 8 aliphatic carbocycles. The van der Waals surface area contributed by atoms with Gasteiger partial charge in [-0.05, 0) is 169 Å². The van der Waals surface area contributed by atoms with Crippen molar-refractivity contribution in [3.05, 3.63) is 119 Å². The molecule has 4 nitrogen and oxygen atoms in total. The second-order valence-electron chi connectivity index (χ2n) is 19.8. The smallest absolute Gasteiger partial charge is 0.143 e. The van der Waals surface area contributed by atoms with E-state index in [1.165, 1.54) is 136 Å². The van der Waals surface area contributed by atoms with Gasteiger partial charge >= 0.3 is 0 Å². The molecule has 0 radical (unpaired) electrons. The summed E-state index contributed by atoms with van der Waals surface area (Å²) in [5.74, 6) is 5.33. The van der Waals surface area contributed by atoms with Crippen molar-refractivity contribution in [3.63, 3.8) is 0 Å². The van der Waals surface area contributed by atoms with Gasteiger partial charge in [-0.15, -0.1) is 0 Å². The molecule has 8 aliphatic rings. The van der Waals surface area contributed by atoms with Gasteiger partial charge in [0.2, 0.25) is 0 Å². The molecular weight excluding hydrogens is 707 g/mol. The van der Waals surface area contributed by atoms with Crippen LogP contribution in [-0.2, 0) is 0 Å². The van der Waals surface area contributed by atoms with Gasteiger partial charge in [0.1, 0.15) is 11.2 Å². The van der Waals surface area contributed by atoms with E-state index >= 15 is 0 Å². The number of para-hydroxylation sites is 1. The van der Waals surface area contributed by atoms with Gasteiger partial charge in [0.15, 0.2) is 0 Å². The van der Waals surface area contributed by atoms with Gasteiger partial charge in [-0.2, -0.15) is 5.26 Å². The first-order chi connectivity index (χ1) is 28.6. The van der Waals surface area contributed by atoms with Crippen molar-refractivity contribution in [3.8, 4) is 28.3 Å². The third-order valence-corrected chi connectivity index (χ3v) is 16.8. The average molecular weight is 750 g/mol. The first-order valence-corrected chi connectivity index (χ1v) is 22.3. The Labute approximate surface area is 336 Å². The van der Waals surface area contributed by atoms with Crippen molar-refractivity contribution in [2.75, 3.05) is 0 Å². The number of rotatable bonds is 2. The SMILES string of the molecule is N#Cc1cc2c(c3c1C1CC4CC(C1)CC3C4)c1cc(-c3ccc4c(oc5ccccc54)c3-c3ccccc3)cc3c4c5c(ncc4n2c31)C1CC2CC(C1)CC5C2. The number of nitrogens with zero attached hydrogens (tertiary/aromatic N) is 3. The van der Waals surface area contributed by atoms with E-state index in [-0.39, 0.29) is 0 Å². The van der Waals surface area contributed by atoms with Crippen molar-refractivity contribution in [1.82, 2.24) is 9.38 Å². The maximum Gasteiger partial charge on any atom is 0.143 e. The van der Waals surface area contributed by atoms with Gasteiger partial charge in [-0.1, -0.05) is 54.6 Å². The lowest BCUT2D eigenvalue weighted by molar-refractivity contribution is 0.165. The van der Waals surface area contributed by atoms with E-state index in [2.05, 4.69) is 102 Å². The number of benzene rings is 5. The Kier molecular flexibility index (Phi) is 5.88. The monoisotopic (exact) mass is 749 g/mol. The first-order valence-electron chi connectivity index (χ1n) is 22.3. The Hall–Kier alpha value is -5.66. The summed E-state index contributed by atoms with van der Waals surface area (Å²) in [5, 5.41) is 18.9. The van der Waals surface area contributed by atoms with E-state index < -0.39 is 0 Å². The van der Waals surface area contributed by atoms with Crippen LogP contribution in [0, 0.1) is 35.0 Å². The summed E-state index contributed by atoms with van der Waals surface area (Å²) >= 11 is 0. The van der Waals surface area contributed by atoms with Crippen LogP contribution in [0.3, 0.4) is 0 Å². The van der Waals surface area contributed by atoms with Crippen molar-refractivity contribution in [2.45, 2.75) is 87.9 Å². The molecule has 8 bridgehead atoms. The minimum Gasteiger partial charge on any atom is -0.455 e. The molecule has 0 saturated heterocycles. The Bertz CT molecular complexity index is 3300. The minimum absolute atomic E-state index is 0.491. The molecule has 4 fully saturated rings. The fraction of sp³-hybridized carbons (Fsp3) is 0.333. The average Bonchev–Trinajstić information content (AvgIpc) is 3.82. The Morgan fingerprint density at radius 1 is 0.569 bits per heavy atom. The second-order valence-corrected chi connectivity index (χ2v) is 19.8. The van der Waals surface area contributed by atoms with Gasteiger partial charge < -0.3 is 8.82 Å². The van der Waals surface area contributed by atoms with Crippen LogP contribution >= 0.6 is 0 Å². The lowest BCUT2D eigenvalue weighted by Gasteiger charge is -2.38. The van der Waals surface area contributed by atoms with E-state index in [4.69, 9.17) is 9.40 Å². The van der Waals surface area contributed by atoms with Crippen LogP contribution in [0.15, 0.2) is 95.5 Å². The Morgan fingerprint density at radius 3 is 1.93 bits per heavy atom. The molecular formula is C54H43N3O. The normalized spacial score (nSPS) is 28.0. The number of furan rings is 1. The standard InChI is InChI=1S/C54H43N3O/c55-25-37-24-43-50(48-34-16-27-12-28(17-34)15-33(14-27)46(37)48)41-22-32(38-10-11-40-39-8-4-5-9-45(39)58-54(40)47(38)31-6-2-1-3-7-31)23-42-51-44(57(43)53(41)42)26-56-52-36-20-29-13-30(21-36)19-35(18-29)49(51)52/h1-11,22-24,26-30,33-36H,12-21H2. The van der Waals surface area contributed by atoms with Crippen LogP contribution in [0.2, 0.25) is 0 Å². The summed E-state index contributed by atoms with van der Waals surface area (Å²) in [5.41, 5.74) is 17.3. The van der Waals surface area contributed by atoms with Crippen LogP contribution in [-0.4, -0.2) is 9.38 Å². The number of nitriles is 1. The van der Waals surface area contributed by atoms with E-state index in [1.54, 1.807) is 5.56 Å². The predicted octanol–water partition coefficient (Wildman–Crippen LogP) is 14.1. The molecule has 58 heavy (non-hydrogen) atoms. The van der Waals surface area contributed by atoms with E-state index in [1.807, 2.05) is 0 Å². The molecule has 5 aromatic carbocycles. The molecule has 0 aliphatic heterocycles. The molecule has 4 saturated carbocycles. The molecule has 0 spiro atoms. The Balaban J connectivity index is 1.12. The topological polar surface area (TPSA) is 54.2 Å². The number of pyridine rings is 1.